The van der Waals surface area contributed by atoms with E-state index in [1.807, 2.05) is 18.2 Å². The van der Waals surface area contributed by atoms with Crippen molar-refractivity contribution in [1.82, 2.24) is 9.88 Å². The molecule has 0 unspecified atom stereocenters. The maximum atomic E-state index is 12.2. The summed E-state index contributed by atoms with van der Waals surface area (Å²) in [6.45, 7) is 2.17. The molecule has 138 valence electrons. The summed E-state index contributed by atoms with van der Waals surface area (Å²) in [7, 11) is 3.08. The number of amides is 2. The molecule has 2 amide bonds. The van der Waals surface area contributed by atoms with Crippen LogP contribution in [0.15, 0.2) is 42.6 Å². The number of aromatic nitrogens is 1. The van der Waals surface area contributed by atoms with Gasteiger partial charge in [0.05, 0.1) is 26.5 Å². The average molecular weight is 357 g/mol. The van der Waals surface area contributed by atoms with Gasteiger partial charge in [-0.05, 0) is 24.3 Å². The largest absolute Gasteiger partial charge is 0.493 e. The number of anilines is 1. The number of rotatable bonds is 8. The zero-order chi connectivity index (χ0) is 18.9. The Bertz CT molecular complexity index is 750. The van der Waals surface area contributed by atoms with Gasteiger partial charge in [0.15, 0.2) is 11.5 Å². The Balaban J connectivity index is 1.93. The molecule has 26 heavy (non-hydrogen) atoms. The van der Waals surface area contributed by atoms with Crippen LogP contribution in [0.5, 0.6) is 11.5 Å². The second-order valence-electron chi connectivity index (χ2n) is 5.63. The number of carbonyl (C=O) groups excluding carboxylic acids is 2. The first-order chi connectivity index (χ1) is 12.5. The quantitative estimate of drug-likeness (QED) is 0.785. The van der Waals surface area contributed by atoms with E-state index in [0.29, 0.717) is 30.3 Å². The lowest BCUT2D eigenvalue weighted by Crippen LogP contribution is -2.31. The Morgan fingerprint density at radius 2 is 1.88 bits per heavy atom. The Labute approximate surface area is 152 Å². The SMILES string of the molecule is COc1ccc(NC(=O)CCN(Cc2ccccn2)C(C)=O)cc1OC. The number of hydrogen-bond donors (Lipinski definition) is 1. The van der Waals surface area contributed by atoms with Gasteiger partial charge < -0.3 is 19.7 Å². The fourth-order valence-corrected chi connectivity index (χ4v) is 2.41. The molecule has 1 heterocycles. The highest BCUT2D eigenvalue weighted by Gasteiger charge is 2.13. The molecule has 0 aliphatic rings. The molecule has 0 bridgehead atoms. The van der Waals surface area contributed by atoms with Crippen LogP contribution in [-0.4, -0.2) is 42.5 Å². The molecular weight excluding hydrogens is 334 g/mol. The number of ether oxygens (including phenoxy) is 2. The highest BCUT2D eigenvalue weighted by Crippen LogP contribution is 2.29. The van der Waals surface area contributed by atoms with Gasteiger partial charge in [-0.2, -0.15) is 0 Å². The van der Waals surface area contributed by atoms with Crippen LogP contribution in [0.2, 0.25) is 0 Å². The summed E-state index contributed by atoms with van der Waals surface area (Å²) in [5, 5.41) is 2.80. The predicted molar refractivity (Wildman–Crippen MR) is 98.1 cm³/mol. The maximum Gasteiger partial charge on any atom is 0.226 e. The van der Waals surface area contributed by atoms with E-state index in [2.05, 4.69) is 10.3 Å². The Morgan fingerprint density at radius 1 is 1.12 bits per heavy atom. The van der Waals surface area contributed by atoms with Crippen molar-refractivity contribution in [3.63, 3.8) is 0 Å². The lowest BCUT2D eigenvalue weighted by Gasteiger charge is -2.20. The molecule has 7 heteroatoms. The summed E-state index contributed by atoms with van der Waals surface area (Å²) < 4.78 is 10.4. The molecule has 0 aliphatic heterocycles. The summed E-state index contributed by atoms with van der Waals surface area (Å²) in [6, 6.07) is 10.7. The van der Waals surface area contributed by atoms with Crippen LogP contribution in [0.1, 0.15) is 19.0 Å². The van der Waals surface area contributed by atoms with Gasteiger partial charge in [0.1, 0.15) is 0 Å². The van der Waals surface area contributed by atoms with E-state index < -0.39 is 0 Å². The lowest BCUT2D eigenvalue weighted by molar-refractivity contribution is -0.130. The van der Waals surface area contributed by atoms with Gasteiger partial charge in [-0.1, -0.05) is 6.07 Å². The molecule has 1 aromatic carbocycles. The fourth-order valence-electron chi connectivity index (χ4n) is 2.41. The minimum Gasteiger partial charge on any atom is -0.493 e. The number of pyridine rings is 1. The van der Waals surface area contributed by atoms with Crippen LogP contribution >= 0.6 is 0 Å². The van der Waals surface area contributed by atoms with Crippen LogP contribution in [0.4, 0.5) is 5.69 Å². The van der Waals surface area contributed by atoms with Crippen LogP contribution in [0.3, 0.4) is 0 Å². The van der Waals surface area contributed by atoms with Gasteiger partial charge in [0.2, 0.25) is 11.8 Å². The predicted octanol–water partition coefficient (Wildman–Crippen LogP) is 2.48. The highest BCUT2D eigenvalue weighted by molar-refractivity contribution is 5.91. The molecule has 1 aromatic heterocycles. The third kappa shape index (κ3) is 5.47. The number of benzene rings is 1. The molecule has 7 nitrogen and oxygen atoms in total. The fraction of sp³-hybridized carbons (Fsp3) is 0.316. The summed E-state index contributed by atoms with van der Waals surface area (Å²) in [4.78, 5) is 29.8. The van der Waals surface area contributed by atoms with Crippen LogP contribution in [0.25, 0.3) is 0 Å². The number of nitrogens with zero attached hydrogens (tertiary/aromatic N) is 2. The van der Waals surface area contributed by atoms with Gasteiger partial charge >= 0.3 is 0 Å². The highest BCUT2D eigenvalue weighted by atomic mass is 16.5. The van der Waals surface area contributed by atoms with Gasteiger partial charge in [-0.25, -0.2) is 0 Å². The first-order valence-corrected chi connectivity index (χ1v) is 8.20. The molecule has 0 saturated heterocycles. The number of nitrogens with one attached hydrogen (secondary N) is 1. The molecule has 0 saturated carbocycles. The second kappa shape index (κ2) is 9.41. The van der Waals surface area contributed by atoms with Gasteiger partial charge in [-0.3, -0.25) is 14.6 Å². The third-order valence-corrected chi connectivity index (χ3v) is 3.80. The van der Waals surface area contributed by atoms with E-state index in [4.69, 9.17) is 9.47 Å². The van der Waals surface area contributed by atoms with E-state index >= 15 is 0 Å². The normalized spacial score (nSPS) is 10.1. The Morgan fingerprint density at radius 3 is 2.50 bits per heavy atom. The Hall–Kier alpha value is -3.09. The van der Waals surface area contributed by atoms with E-state index in [1.54, 1.807) is 36.4 Å². The average Bonchev–Trinajstić information content (AvgIpc) is 2.65. The maximum absolute atomic E-state index is 12.2. The monoisotopic (exact) mass is 357 g/mol. The smallest absolute Gasteiger partial charge is 0.226 e. The van der Waals surface area contributed by atoms with E-state index in [9.17, 15) is 9.59 Å². The van der Waals surface area contributed by atoms with Crippen molar-refractivity contribution in [2.45, 2.75) is 19.9 Å². The number of carbonyl (C=O) groups is 2. The third-order valence-electron chi connectivity index (χ3n) is 3.80. The van der Waals surface area contributed by atoms with Crippen LogP contribution in [-0.2, 0) is 16.1 Å². The van der Waals surface area contributed by atoms with Crippen molar-refractivity contribution < 1.29 is 19.1 Å². The zero-order valence-electron chi connectivity index (χ0n) is 15.2. The first-order valence-electron chi connectivity index (χ1n) is 8.20. The van der Waals surface area contributed by atoms with Crippen molar-refractivity contribution in [1.29, 1.82) is 0 Å². The van der Waals surface area contributed by atoms with E-state index in [-0.39, 0.29) is 18.2 Å². The van der Waals surface area contributed by atoms with E-state index in [0.717, 1.165) is 5.69 Å². The molecule has 0 aliphatic carbocycles. The molecule has 0 radical (unpaired) electrons. The minimum absolute atomic E-state index is 0.102. The van der Waals surface area contributed by atoms with Crippen molar-refractivity contribution in [3.8, 4) is 11.5 Å². The molecule has 0 fully saturated rings. The molecule has 2 aromatic rings. The number of hydrogen-bond acceptors (Lipinski definition) is 5. The Kier molecular flexibility index (Phi) is 6.96. The molecule has 0 atom stereocenters. The topological polar surface area (TPSA) is 80.8 Å². The zero-order valence-corrected chi connectivity index (χ0v) is 15.2. The van der Waals surface area contributed by atoms with Gasteiger partial charge in [-0.15, -0.1) is 0 Å². The summed E-state index contributed by atoms with van der Waals surface area (Å²) in [5.74, 6) is 0.827. The van der Waals surface area contributed by atoms with Crippen molar-refractivity contribution >= 4 is 17.5 Å². The van der Waals surface area contributed by atoms with Gasteiger partial charge in [0, 0.05) is 37.8 Å². The minimum atomic E-state index is -0.190. The van der Waals surface area contributed by atoms with E-state index in [1.165, 1.54) is 14.0 Å². The van der Waals surface area contributed by atoms with Crippen molar-refractivity contribution in [3.05, 3.63) is 48.3 Å². The van der Waals surface area contributed by atoms with Crippen molar-refractivity contribution in [2.75, 3.05) is 26.1 Å². The summed E-state index contributed by atoms with van der Waals surface area (Å²) >= 11 is 0. The van der Waals surface area contributed by atoms with Crippen molar-refractivity contribution in [2.24, 2.45) is 0 Å². The molecule has 0 spiro atoms. The molecular formula is C19H23N3O4. The van der Waals surface area contributed by atoms with Crippen LogP contribution < -0.4 is 14.8 Å². The number of methoxy groups -OCH3 is 2. The molecule has 2 rings (SSSR count). The summed E-state index contributed by atoms with van der Waals surface area (Å²) in [6.07, 6.45) is 1.86. The van der Waals surface area contributed by atoms with Crippen LogP contribution in [0, 0.1) is 0 Å². The van der Waals surface area contributed by atoms with Gasteiger partial charge in [0.25, 0.3) is 0 Å². The second-order valence-corrected chi connectivity index (χ2v) is 5.63. The first kappa shape index (κ1) is 19.2. The summed E-state index contributed by atoms with van der Waals surface area (Å²) in [5.41, 5.74) is 1.38. The molecule has 1 N–H and O–H groups in total. The standard InChI is InChI=1S/C19H23N3O4/c1-14(23)22(13-16-6-4-5-10-20-16)11-9-19(24)21-15-7-8-17(25-2)18(12-15)26-3/h4-8,10,12H,9,11,13H2,1-3H3,(H,21,24). The lowest BCUT2D eigenvalue weighted by atomic mass is 10.2.